The number of aliphatic hydroxyl groups excluding tert-OH is 1. The fraction of sp³-hybridized carbons (Fsp3) is 0.508. The molecule has 0 radical (unpaired) electrons. The number of hydrogen-bond donors (Lipinski definition) is 6. The van der Waals surface area contributed by atoms with Crippen molar-refractivity contribution in [2.24, 2.45) is 10.8 Å². The SMILES string of the molecule is Cc1ncsc1-c1ccc(CNC(=O)[C@@H]2C[C@@H](O)CN2C(=O)[C@@H](NC(=O)CCCNCCn2cc(COCCOCCOCCNC(=O)C3(Cc4cccc(Nc5nccs5)n4)CCC(Oc4cccc(Cl)c4F)CC3)nn2)C(C)(C)C)cc1. The molecule has 1 saturated heterocycles. The highest BCUT2D eigenvalue weighted by atomic mass is 35.5. The van der Waals surface area contributed by atoms with Crippen molar-refractivity contribution in [3.05, 3.63) is 117 Å². The van der Waals surface area contributed by atoms with Crippen molar-refractivity contribution in [2.45, 2.75) is 123 Å². The van der Waals surface area contributed by atoms with Gasteiger partial charge in [-0.05, 0) is 86.4 Å². The fourth-order valence-corrected chi connectivity index (χ4v) is 11.7. The molecule has 3 atom stereocenters. The number of nitrogens with zero attached hydrogens (tertiary/aromatic N) is 7. The van der Waals surface area contributed by atoms with Crippen LogP contribution in [0.3, 0.4) is 0 Å². The maximum Gasteiger partial charge on any atom is 0.246 e. The number of aliphatic hydroxyl groups is 1. The molecular weight excluding hydrogens is 1140 g/mol. The van der Waals surface area contributed by atoms with Crippen molar-refractivity contribution in [1.29, 1.82) is 0 Å². The molecule has 4 aromatic heterocycles. The normalized spacial score (nSPS) is 18.3. The third-order valence-corrected chi connectivity index (χ3v) is 16.6. The van der Waals surface area contributed by atoms with Gasteiger partial charge in [-0.15, -0.1) is 27.8 Å². The summed E-state index contributed by atoms with van der Waals surface area (Å²) in [6.45, 7) is 11.7. The molecule has 0 spiro atoms. The van der Waals surface area contributed by atoms with Crippen LogP contribution in [0, 0.1) is 23.6 Å². The van der Waals surface area contributed by atoms with E-state index in [4.69, 9.17) is 35.5 Å². The van der Waals surface area contributed by atoms with E-state index in [9.17, 15) is 28.7 Å². The number of β-amino-alcohol motifs (C(OH)–C–C–N with tert-alkyl or cyclic N) is 1. The van der Waals surface area contributed by atoms with Crippen LogP contribution in [0.1, 0.15) is 88.4 Å². The van der Waals surface area contributed by atoms with Gasteiger partial charge in [0, 0.05) is 62.7 Å². The van der Waals surface area contributed by atoms with Gasteiger partial charge in [0.05, 0.1) is 91.1 Å². The van der Waals surface area contributed by atoms with E-state index in [0.29, 0.717) is 109 Å². The summed E-state index contributed by atoms with van der Waals surface area (Å²) in [5.41, 5.74) is 4.72. The average Bonchev–Trinajstić information content (AvgIpc) is 3.03. The van der Waals surface area contributed by atoms with Crippen LogP contribution in [0.4, 0.5) is 15.3 Å². The molecule has 1 saturated carbocycles. The number of benzene rings is 2. The largest absolute Gasteiger partial charge is 0.487 e. The first-order chi connectivity index (χ1) is 40.5. The van der Waals surface area contributed by atoms with Crippen LogP contribution < -0.4 is 31.3 Å². The maximum absolute atomic E-state index is 14.7. The number of aryl methyl sites for hydroxylation is 1. The van der Waals surface area contributed by atoms with Crippen molar-refractivity contribution >= 4 is 68.9 Å². The highest BCUT2D eigenvalue weighted by molar-refractivity contribution is 7.13. The first-order valence-corrected chi connectivity index (χ1v) is 30.6. The molecule has 5 heterocycles. The van der Waals surface area contributed by atoms with Crippen molar-refractivity contribution in [3.63, 3.8) is 0 Å². The molecule has 1 aliphatic carbocycles. The fourth-order valence-electron chi connectivity index (χ4n) is 10.2. The van der Waals surface area contributed by atoms with Crippen LogP contribution in [0.25, 0.3) is 10.4 Å². The molecule has 21 nitrogen and oxygen atoms in total. The van der Waals surface area contributed by atoms with Gasteiger partial charge in [-0.2, -0.15) is 0 Å². The van der Waals surface area contributed by atoms with Gasteiger partial charge in [-0.1, -0.05) is 74.0 Å². The summed E-state index contributed by atoms with van der Waals surface area (Å²) in [7, 11) is 0. The van der Waals surface area contributed by atoms with Crippen molar-refractivity contribution in [3.8, 4) is 16.2 Å². The first kappa shape index (κ1) is 63.5. The molecule has 2 aromatic carbocycles. The Kier molecular flexibility index (Phi) is 23.5. The molecule has 0 unspecified atom stereocenters. The van der Waals surface area contributed by atoms with Crippen LogP contribution in [0.5, 0.6) is 5.75 Å². The van der Waals surface area contributed by atoms with E-state index < -0.39 is 40.7 Å². The number of thiazole rings is 2. The molecular formula is C59H76ClFN12O9S2. The van der Waals surface area contributed by atoms with E-state index in [1.165, 1.54) is 22.3 Å². The zero-order valence-electron chi connectivity index (χ0n) is 48.0. The predicted molar refractivity (Wildman–Crippen MR) is 318 cm³/mol. The number of hydrogen-bond acceptors (Lipinski definition) is 18. The van der Waals surface area contributed by atoms with E-state index >= 15 is 0 Å². The van der Waals surface area contributed by atoms with Crippen molar-refractivity contribution in [2.75, 3.05) is 64.5 Å². The zero-order chi connectivity index (χ0) is 59.5. The van der Waals surface area contributed by atoms with Gasteiger partial charge in [-0.3, -0.25) is 23.9 Å². The molecule has 25 heteroatoms. The molecule has 452 valence electrons. The lowest BCUT2D eigenvalue weighted by molar-refractivity contribution is -0.144. The second-order valence-electron chi connectivity index (χ2n) is 22.1. The van der Waals surface area contributed by atoms with Gasteiger partial charge in [-0.25, -0.2) is 19.3 Å². The Morgan fingerprint density at radius 1 is 0.905 bits per heavy atom. The molecule has 2 fully saturated rings. The third-order valence-electron chi connectivity index (χ3n) is 14.7. The second kappa shape index (κ2) is 31.0. The topological polar surface area (TPSA) is 258 Å². The van der Waals surface area contributed by atoms with E-state index in [0.717, 1.165) is 32.5 Å². The number of likely N-dealkylation sites (tertiary alicyclic amines) is 1. The number of anilines is 2. The molecule has 2 aliphatic rings. The molecule has 8 rings (SSSR count). The molecule has 4 amide bonds. The van der Waals surface area contributed by atoms with E-state index in [-0.39, 0.29) is 67.1 Å². The maximum atomic E-state index is 14.7. The standard InChI is InChI=1S/C59H76ClFN12O9S2/c1-39-52(84-38-66-39)41-15-13-40(14-16-41)34-65-54(76)47-32-44(74)36-73(47)55(77)53(58(2,3)4)69-50(75)12-7-21-62-22-25-72-35-43(70-71-72)37-81-30-29-80-28-27-79-26-23-63-56(78)59(33-42-8-5-11-49(67-42)68-57-64-24-31-83-57)19-17-45(18-20-59)82-48-10-6-9-46(60)51(48)61/h5-6,8-11,13-16,24,31,35,38,44-45,47,53,62,74H,7,12,17-23,25-30,32-34,36-37H2,1-4H3,(H,63,78)(H,65,76)(H,69,75)(H,64,67,68)/t44-,45?,47+,53-,59?/m1/s1. The number of ether oxygens (including phenoxy) is 4. The third kappa shape index (κ3) is 18.5. The Morgan fingerprint density at radius 3 is 2.40 bits per heavy atom. The highest BCUT2D eigenvalue weighted by Crippen LogP contribution is 2.42. The number of halogens is 2. The lowest BCUT2D eigenvalue weighted by Gasteiger charge is -2.39. The number of pyridine rings is 1. The first-order valence-electron chi connectivity index (χ1n) is 28.4. The van der Waals surface area contributed by atoms with E-state index in [1.54, 1.807) is 34.3 Å². The molecule has 6 N–H and O–H groups in total. The average molecular weight is 1220 g/mol. The Hall–Kier alpha value is -6.51. The minimum Gasteiger partial charge on any atom is -0.487 e. The van der Waals surface area contributed by atoms with Crippen LogP contribution in [-0.4, -0.2) is 147 Å². The van der Waals surface area contributed by atoms with E-state index in [2.05, 4.69) is 46.9 Å². The van der Waals surface area contributed by atoms with Crippen LogP contribution >= 0.6 is 34.3 Å². The second-order valence-corrected chi connectivity index (χ2v) is 24.3. The molecule has 1 aliphatic heterocycles. The van der Waals surface area contributed by atoms with Crippen molar-refractivity contribution in [1.82, 2.24) is 56.1 Å². The smallest absolute Gasteiger partial charge is 0.246 e. The lowest BCUT2D eigenvalue weighted by Crippen LogP contribution is -2.57. The summed E-state index contributed by atoms with van der Waals surface area (Å²) in [5.74, 6) is -0.996. The van der Waals surface area contributed by atoms with Gasteiger partial charge in [0.15, 0.2) is 16.7 Å². The predicted octanol–water partition coefficient (Wildman–Crippen LogP) is 7.19. The summed E-state index contributed by atoms with van der Waals surface area (Å²) in [4.78, 5) is 70.7. The summed E-state index contributed by atoms with van der Waals surface area (Å²) >= 11 is 9.04. The molecule has 84 heavy (non-hydrogen) atoms. The quantitative estimate of drug-likeness (QED) is 0.0235. The minimum atomic E-state index is -0.908. The number of amides is 4. The molecule has 0 bridgehead atoms. The number of nitrogens with one attached hydrogen (secondary N) is 5. The zero-order valence-corrected chi connectivity index (χ0v) is 50.3. The van der Waals surface area contributed by atoms with Gasteiger partial charge in [0.1, 0.15) is 23.6 Å². The minimum absolute atomic E-state index is 0.000449. The Morgan fingerprint density at radius 2 is 1.67 bits per heavy atom. The summed E-state index contributed by atoms with van der Waals surface area (Å²) in [6.07, 6.45) is 5.72. The van der Waals surface area contributed by atoms with Crippen molar-refractivity contribution < 1.29 is 47.6 Å². The Balaban J connectivity index is 0.666. The number of rotatable bonds is 31. The van der Waals surface area contributed by atoms with Crippen LogP contribution in [-0.2, 0) is 59.5 Å². The Bertz CT molecular complexity index is 3060. The number of aromatic nitrogens is 6. The number of carbonyl (C=O) groups excluding carboxylic acids is 4. The highest BCUT2D eigenvalue weighted by Gasteiger charge is 2.45. The van der Waals surface area contributed by atoms with Crippen LogP contribution in [0.15, 0.2) is 83.9 Å². The van der Waals surface area contributed by atoms with Gasteiger partial charge in [0.25, 0.3) is 0 Å². The summed E-state index contributed by atoms with van der Waals surface area (Å²) < 4.78 is 39.6. The van der Waals surface area contributed by atoms with E-state index in [1.807, 2.05) is 87.2 Å². The number of carbonyl (C=O) groups is 4. The summed E-state index contributed by atoms with van der Waals surface area (Å²) in [5, 5.41) is 37.1. The molecule has 6 aromatic rings. The van der Waals surface area contributed by atoms with Gasteiger partial charge >= 0.3 is 0 Å². The van der Waals surface area contributed by atoms with Gasteiger partial charge < -0.3 is 55.5 Å². The van der Waals surface area contributed by atoms with Gasteiger partial charge in [0.2, 0.25) is 23.6 Å². The summed E-state index contributed by atoms with van der Waals surface area (Å²) in [6, 6.07) is 16.5. The Labute approximate surface area is 502 Å². The van der Waals surface area contributed by atoms with Crippen LogP contribution in [0.2, 0.25) is 5.02 Å². The lowest BCUT2D eigenvalue weighted by atomic mass is 9.69. The monoisotopic (exact) mass is 1210 g/mol.